The topological polar surface area (TPSA) is 85.1 Å². The second-order valence-corrected chi connectivity index (χ2v) is 6.22. The molecular weight excluding hydrogens is 298 g/mol. The number of sulfonamides is 1. The van der Waals surface area contributed by atoms with E-state index in [2.05, 4.69) is 9.71 Å². The van der Waals surface area contributed by atoms with Crippen LogP contribution >= 0.6 is 12.4 Å². The highest BCUT2D eigenvalue weighted by molar-refractivity contribution is 7.89. The molecule has 0 fully saturated rings. The SMILES string of the molecule is Cc1ccc(S(=O)(=O)N[C@@H](C)CN)c2cccnc12.Cl. The first-order valence-corrected chi connectivity index (χ1v) is 7.51. The number of aromatic nitrogens is 1. The Hall–Kier alpha value is -1.21. The fourth-order valence-corrected chi connectivity index (χ4v) is 3.35. The van der Waals surface area contributed by atoms with Crippen LogP contribution in [0, 0.1) is 6.92 Å². The highest BCUT2D eigenvalue weighted by Crippen LogP contribution is 2.24. The van der Waals surface area contributed by atoms with Gasteiger partial charge in [0.15, 0.2) is 0 Å². The van der Waals surface area contributed by atoms with Gasteiger partial charge in [0, 0.05) is 24.2 Å². The standard InChI is InChI=1S/C13H17N3O2S.ClH/c1-9-5-6-12(11-4-3-7-15-13(9)11)19(17,18)16-10(2)8-14;/h3-7,10,16H,8,14H2,1-2H3;1H/t10-;/m0./s1. The fourth-order valence-electron chi connectivity index (χ4n) is 1.90. The smallest absolute Gasteiger partial charge is 0.241 e. The number of fused-ring (bicyclic) bond motifs is 1. The molecule has 2 aromatic rings. The summed E-state index contributed by atoms with van der Waals surface area (Å²) in [5, 5.41) is 0.624. The van der Waals surface area contributed by atoms with Crippen molar-refractivity contribution in [3.05, 3.63) is 36.0 Å². The van der Waals surface area contributed by atoms with Crippen LogP contribution in [-0.2, 0) is 10.0 Å². The summed E-state index contributed by atoms with van der Waals surface area (Å²) >= 11 is 0. The van der Waals surface area contributed by atoms with Crippen molar-refractivity contribution in [1.82, 2.24) is 9.71 Å². The quantitative estimate of drug-likeness (QED) is 0.897. The first kappa shape index (κ1) is 16.8. The predicted molar refractivity (Wildman–Crippen MR) is 82.6 cm³/mol. The Balaban J connectivity index is 0.00000200. The van der Waals surface area contributed by atoms with E-state index in [0.29, 0.717) is 10.9 Å². The molecule has 1 aromatic heterocycles. The Morgan fingerprint density at radius 1 is 1.35 bits per heavy atom. The second kappa shape index (κ2) is 6.49. The van der Waals surface area contributed by atoms with Crippen molar-refractivity contribution in [2.24, 2.45) is 5.73 Å². The molecule has 0 radical (unpaired) electrons. The summed E-state index contributed by atoms with van der Waals surface area (Å²) in [6.45, 7) is 3.88. The van der Waals surface area contributed by atoms with Crippen LogP contribution in [0.3, 0.4) is 0 Å². The molecule has 20 heavy (non-hydrogen) atoms. The van der Waals surface area contributed by atoms with Gasteiger partial charge in [0.25, 0.3) is 0 Å². The van der Waals surface area contributed by atoms with Crippen molar-refractivity contribution in [1.29, 1.82) is 0 Å². The maximum atomic E-state index is 12.3. The second-order valence-electron chi connectivity index (χ2n) is 4.54. The van der Waals surface area contributed by atoms with Crippen molar-refractivity contribution in [3.8, 4) is 0 Å². The van der Waals surface area contributed by atoms with E-state index in [1.165, 1.54) is 0 Å². The lowest BCUT2D eigenvalue weighted by Gasteiger charge is -2.14. The van der Waals surface area contributed by atoms with Crippen LogP contribution in [0.25, 0.3) is 10.9 Å². The molecule has 0 spiro atoms. The molecule has 0 aliphatic heterocycles. The number of rotatable bonds is 4. The van der Waals surface area contributed by atoms with Gasteiger partial charge in [0.2, 0.25) is 10.0 Å². The molecule has 1 heterocycles. The van der Waals surface area contributed by atoms with Gasteiger partial charge in [-0.3, -0.25) is 4.98 Å². The molecule has 3 N–H and O–H groups in total. The van der Waals surface area contributed by atoms with E-state index in [4.69, 9.17) is 5.73 Å². The molecule has 0 saturated heterocycles. The van der Waals surface area contributed by atoms with Crippen LogP contribution in [0.4, 0.5) is 0 Å². The van der Waals surface area contributed by atoms with Crippen LogP contribution in [-0.4, -0.2) is 26.0 Å². The normalized spacial score (nSPS) is 12.9. The molecule has 110 valence electrons. The molecule has 0 saturated carbocycles. The molecule has 0 bridgehead atoms. The van der Waals surface area contributed by atoms with Gasteiger partial charge in [-0.25, -0.2) is 13.1 Å². The van der Waals surface area contributed by atoms with E-state index in [-0.39, 0.29) is 29.9 Å². The summed E-state index contributed by atoms with van der Waals surface area (Å²) in [6.07, 6.45) is 1.65. The molecule has 0 aliphatic rings. The van der Waals surface area contributed by atoms with Crippen molar-refractivity contribution in [3.63, 3.8) is 0 Å². The lowest BCUT2D eigenvalue weighted by molar-refractivity contribution is 0.563. The summed E-state index contributed by atoms with van der Waals surface area (Å²) in [6, 6.07) is 6.55. The van der Waals surface area contributed by atoms with E-state index in [9.17, 15) is 8.42 Å². The van der Waals surface area contributed by atoms with Gasteiger partial charge in [-0.2, -0.15) is 0 Å². The van der Waals surface area contributed by atoms with Crippen molar-refractivity contribution in [2.75, 3.05) is 6.54 Å². The number of pyridine rings is 1. The lowest BCUT2D eigenvalue weighted by atomic mass is 10.1. The average molecular weight is 316 g/mol. The molecule has 1 atom stereocenters. The summed E-state index contributed by atoms with van der Waals surface area (Å²) in [5.74, 6) is 0. The van der Waals surface area contributed by atoms with E-state index >= 15 is 0 Å². The molecule has 2 rings (SSSR count). The Labute approximate surface area is 125 Å². The Bertz CT molecular complexity index is 704. The van der Waals surface area contributed by atoms with Gasteiger partial charge in [0.1, 0.15) is 0 Å². The summed E-state index contributed by atoms with van der Waals surface area (Å²) in [7, 11) is -3.58. The predicted octanol–water partition coefficient (Wildman–Crippen LogP) is 1.59. The lowest BCUT2D eigenvalue weighted by Crippen LogP contribution is -2.37. The maximum Gasteiger partial charge on any atom is 0.241 e. The number of hydrogen-bond donors (Lipinski definition) is 2. The minimum Gasteiger partial charge on any atom is -0.329 e. The number of nitrogens with two attached hydrogens (primary N) is 1. The fraction of sp³-hybridized carbons (Fsp3) is 0.308. The number of benzene rings is 1. The molecule has 0 aliphatic carbocycles. The third kappa shape index (κ3) is 3.27. The average Bonchev–Trinajstić information content (AvgIpc) is 2.38. The number of aryl methyl sites for hydroxylation is 1. The number of nitrogens with one attached hydrogen (secondary N) is 1. The van der Waals surface area contributed by atoms with Crippen molar-refractivity contribution < 1.29 is 8.42 Å². The molecule has 0 unspecified atom stereocenters. The van der Waals surface area contributed by atoms with Gasteiger partial charge >= 0.3 is 0 Å². The van der Waals surface area contributed by atoms with Crippen LogP contribution in [0.1, 0.15) is 12.5 Å². The van der Waals surface area contributed by atoms with E-state index in [1.807, 2.05) is 6.92 Å². The molecular formula is C13H18ClN3O2S. The molecule has 0 amide bonds. The van der Waals surface area contributed by atoms with Crippen LogP contribution in [0.2, 0.25) is 0 Å². The summed E-state index contributed by atoms with van der Waals surface area (Å²) < 4.78 is 27.2. The first-order valence-electron chi connectivity index (χ1n) is 6.02. The van der Waals surface area contributed by atoms with Gasteiger partial charge in [-0.1, -0.05) is 6.07 Å². The van der Waals surface area contributed by atoms with Gasteiger partial charge in [0.05, 0.1) is 10.4 Å². The Morgan fingerprint density at radius 3 is 2.70 bits per heavy atom. The number of halogens is 1. The van der Waals surface area contributed by atoms with Gasteiger partial charge in [-0.15, -0.1) is 12.4 Å². The van der Waals surface area contributed by atoms with E-state index in [0.717, 1.165) is 5.56 Å². The Kier molecular flexibility index (Phi) is 5.47. The zero-order chi connectivity index (χ0) is 14.0. The highest BCUT2D eigenvalue weighted by atomic mass is 35.5. The van der Waals surface area contributed by atoms with Gasteiger partial charge in [-0.05, 0) is 37.6 Å². The minimum atomic E-state index is -3.58. The third-order valence-electron chi connectivity index (χ3n) is 2.93. The summed E-state index contributed by atoms with van der Waals surface area (Å²) in [5.41, 5.74) is 7.10. The van der Waals surface area contributed by atoms with Crippen molar-refractivity contribution >= 4 is 33.3 Å². The zero-order valence-corrected chi connectivity index (χ0v) is 13.0. The van der Waals surface area contributed by atoms with Crippen LogP contribution in [0.15, 0.2) is 35.4 Å². The molecule has 7 heteroatoms. The summed E-state index contributed by atoms with van der Waals surface area (Å²) in [4.78, 5) is 4.47. The highest BCUT2D eigenvalue weighted by Gasteiger charge is 2.20. The van der Waals surface area contributed by atoms with Crippen LogP contribution in [0.5, 0.6) is 0 Å². The first-order chi connectivity index (χ1) is 8.95. The molecule has 1 aromatic carbocycles. The van der Waals surface area contributed by atoms with Gasteiger partial charge < -0.3 is 5.73 Å². The maximum absolute atomic E-state index is 12.3. The monoisotopic (exact) mass is 315 g/mol. The third-order valence-corrected chi connectivity index (χ3v) is 4.58. The van der Waals surface area contributed by atoms with E-state index in [1.54, 1.807) is 37.4 Å². The van der Waals surface area contributed by atoms with E-state index < -0.39 is 10.0 Å². The van der Waals surface area contributed by atoms with Crippen molar-refractivity contribution in [2.45, 2.75) is 24.8 Å². The number of hydrogen-bond acceptors (Lipinski definition) is 4. The van der Waals surface area contributed by atoms with Crippen LogP contribution < -0.4 is 10.5 Å². The number of nitrogens with zero attached hydrogens (tertiary/aromatic N) is 1. The molecule has 5 nitrogen and oxygen atoms in total. The minimum absolute atomic E-state index is 0. The zero-order valence-electron chi connectivity index (χ0n) is 11.3. The Morgan fingerprint density at radius 2 is 2.05 bits per heavy atom. The largest absolute Gasteiger partial charge is 0.329 e.